The Labute approximate surface area is 192 Å². The molecule has 3 aromatic rings. The lowest BCUT2D eigenvalue weighted by atomic mass is 9.97. The number of nitrogens with zero attached hydrogens (tertiary/aromatic N) is 1. The molecule has 1 aliphatic rings. The molecule has 0 bridgehead atoms. The normalized spacial score (nSPS) is 13.9. The highest BCUT2D eigenvalue weighted by Crippen LogP contribution is 2.25. The van der Waals surface area contributed by atoms with Gasteiger partial charge in [-0.25, -0.2) is 9.18 Å². The van der Waals surface area contributed by atoms with Crippen LogP contribution in [0.4, 0.5) is 14.9 Å². The molecule has 33 heavy (non-hydrogen) atoms. The fourth-order valence-electron chi connectivity index (χ4n) is 3.77. The number of amides is 3. The van der Waals surface area contributed by atoms with Crippen LogP contribution in [0.25, 0.3) is 0 Å². The first kappa shape index (κ1) is 22.3. The summed E-state index contributed by atoms with van der Waals surface area (Å²) in [4.78, 5) is 27.0. The van der Waals surface area contributed by atoms with E-state index >= 15 is 0 Å². The molecule has 1 fully saturated rings. The number of nitrogens with one attached hydrogen (secondary N) is 2. The van der Waals surface area contributed by atoms with E-state index in [-0.39, 0.29) is 23.7 Å². The molecule has 0 saturated carbocycles. The third kappa shape index (κ3) is 6.10. The predicted octanol–water partition coefficient (Wildman–Crippen LogP) is 5.29. The zero-order valence-electron chi connectivity index (χ0n) is 18.2. The van der Waals surface area contributed by atoms with Gasteiger partial charge in [0.1, 0.15) is 17.3 Å². The fraction of sp³-hybridized carbons (Fsp3) is 0.231. The first-order valence-corrected chi connectivity index (χ1v) is 11.0. The van der Waals surface area contributed by atoms with Crippen LogP contribution in [0, 0.1) is 11.7 Å². The highest BCUT2D eigenvalue weighted by molar-refractivity contribution is 5.97. The number of para-hydroxylation sites is 2. The number of hydrogen-bond acceptors (Lipinski definition) is 3. The van der Waals surface area contributed by atoms with E-state index < -0.39 is 0 Å². The van der Waals surface area contributed by atoms with Crippen molar-refractivity contribution in [3.05, 3.63) is 90.2 Å². The summed E-state index contributed by atoms with van der Waals surface area (Å²) >= 11 is 0. The lowest BCUT2D eigenvalue weighted by Gasteiger charge is -2.32. The summed E-state index contributed by atoms with van der Waals surface area (Å²) in [6, 6.07) is 22.0. The van der Waals surface area contributed by atoms with Gasteiger partial charge in [-0.2, -0.15) is 0 Å². The SMILES string of the molecule is O=C(NCC1CCN(C(=O)Nc2ccc(F)cc2)CC1)c1ccccc1Oc1ccccc1. The molecule has 170 valence electrons. The van der Waals surface area contributed by atoms with E-state index in [9.17, 15) is 14.0 Å². The summed E-state index contributed by atoms with van der Waals surface area (Å²) in [5, 5.41) is 5.80. The molecule has 0 aromatic heterocycles. The van der Waals surface area contributed by atoms with Crippen LogP contribution in [0.15, 0.2) is 78.9 Å². The molecule has 0 radical (unpaired) electrons. The van der Waals surface area contributed by atoms with Gasteiger partial charge in [0.2, 0.25) is 0 Å². The summed E-state index contributed by atoms with van der Waals surface area (Å²) in [7, 11) is 0. The number of likely N-dealkylation sites (tertiary alicyclic amines) is 1. The van der Waals surface area contributed by atoms with E-state index in [1.807, 2.05) is 42.5 Å². The van der Waals surface area contributed by atoms with Crippen LogP contribution in [0.3, 0.4) is 0 Å². The maximum atomic E-state index is 13.0. The lowest BCUT2D eigenvalue weighted by molar-refractivity contribution is 0.0936. The highest BCUT2D eigenvalue weighted by Gasteiger charge is 2.24. The van der Waals surface area contributed by atoms with Crippen LogP contribution in [-0.2, 0) is 0 Å². The Hall–Kier alpha value is -3.87. The second-order valence-electron chi connectivity index (χ2n) is 7.99. The molecular formula is C26H26FN3O3. The molecule has 0 unspecified atom stereocenters. The Bertz CT molecular complexity index is 1080. The Kier molecular flexibility index (Phi) is 7.19. The number of rotatable bonds is 6. The van der Waals surface area contributed by atoms with Gasteiger partial charge in [-0.15, -0.1) is 0 Å². The predicted molar refractivity (Wildman–Crippen MR) is 125 cm³/mol. The Morgan fingerprint density at radius 2 is 1.58 bits per heavy atom. The van der Waals surface area contributed by atoms with Gasteiger partial charge in [-0.3, -0.25) is 4.79 Å². The molecule has 3 aromatic carbocycles. The minimum atomic E-state index is -0.342. The van der Waals surface area contributed by atoms with Gasteiger partial charge in [0, 0.05) is 25.3 Å². The smallest absolute Gasteiger partial charge is 0.321 e. The van der Waals surface area contributed by atoms with Crippen LogP contribution < -0.4 is 15.4 Å². The fourth-order valence-corrected chi connectivity index (χ4v) is 3.77. The minimum Gasteiger partial charge on any atom is -0.457 e. The van der Waals surface area contributed by atoms with Crippen LogP contribution in [-0.4, -0.2) is 36.5 Å². The van der Waals surface area contributed by atoms with Gasteiger partial charge in [0.15, 0.2) is 0 Å². The van der Waals surface area contributed by atoms with Gasteiger partial charge in [0.25, 0.3) is 5.91 Å². The van der Waals surface area contributed by atoms with Crippen LogP contribution in [0.5, 0.6) is 11.5 Å². The molecule has 7 heteroatoms. The van der Waals surface area contributed by atoms with Crippen molar-refractivity contribution in [3.63, 3.8) is 0 Å². The Morgan fingerprint density at radius 1 is 0.909 bits per heavy atom. The molecule has 1 saturated heterocycles. The second-order valence-corrected chi connectivity index (χ2v) is 7.99. The van der Waals surface area contributed by atoms with Gasteiger partial charge in [0.05, 0.1) is 5.56 Å². The monoisotopic (exact) mass is 447 g/mol. The largest absolute Gasteiger partial charge is 0.457 e. The summed E-state index contributed by atoms with van der Waals surface area (Å²) in [6.45, 7) is 1.73. The second kappa shape index (κ2) is 10.6. The van der Waals surface area contributed by atoms with Crippen molar-refractivity contribution >= 4 is 17.6 Å². The highest BCUT2D eigenvalue weighted by atomic mass is 19.1. The first-order valence-electron chi connectivity index (χ1n) is 11.0. The third-order valence-electron chi connectivity index (χ3n) is 5.65. The van der Waals surface area contributed by atoms with Gasteiger partial charge < -0.3 is 20.3 Å². The van der Waals surface area contributed by atoms with Crippen molar-refractivity contribution in [2.75, 3.05) is 25.0 Å². The van der Waals surface area contributed by atoms with Crippen molar-refractivity contribution in [3.8, 4) is 11.5 Å². The van der Waals surface area contributed by atoms with Crippen molar-refractivity contribution in [1.82, 2.24) is 10.2 Å². The van der Waals surface area contributed by atoms with Gasteiger partial charge in [-0.1, -0.05) is 30.3 Å². The van der Waals surface area contributed by atoms with Crippen molar-refractivity contribution in [2.24, 2.45) is 5.92 Å². The van der Waals surface area contributed by atoms with E-state index in [1.165, 1.54) is 24.3 Å². The van der Waals surface area contributed by atoms with Crippen molar-refractivity contribution in [2.45, 2.75) is 12.8 Å². The minimum absolute atomic E-state index is 0.182. The summed E-state index contributed by atoms with van der Waals surface area (Å²) < 4.78 is 18.9. The Balaban J connectivity index is 1.26. The molecule has 3 amide bonds. The molecule has 0 aliphatic carbocycles. The third-order valence-corrected chi connectivity index (χ3v) is 5.65. The van der Waals surface area contributed by atoms with Crippen molar-refractivity contribution < 1.29 is 18.7 Å². The molecule has 2 N–H and O–H groups in total. The molecule has 6 nitrogen and oxygen atoms in total. The number of piperidine rings is 1. The molecule has 4 rings (SSSR count). The van der Waals surface area contributed by atoms with E-state index in [4.69, 9.17) is 4.74 Å². The number of benzene rings is 3. The maximum absolute atomic E-state index is 13.0. The van der Waals surface area contributed by atoms with Crippen molar-refractivity contribution in [1.29, 1.82) is 0 Å². The quantitative estimate of drug-likeness (QED) is 0.539. The van der Waals surface area contributed by atoms with Crippen LogP contribution in [0.1, 0.15) is 23.2 Å². The molecule has 0 atom stereocenters. The van der Waals surface area contributed by atoms with Gasteiger partial charge in [-0.05, 0) is 67.3 Å². The van der Waals surface area contributed by atoms with E-state index in [1.54, 1.807) is 17.0 Å². The topological polar surface area (TPSA) is 70.7 Å². The molecule has 1 heterocycles. The maximum Gasteiger partial charge on any atom is 0.321 e. The number of carbonyl (C=O) groups is 2. The van der Waals surface area contributed by atoms with E-state index in [0.29, 0.717) is 42.4 Å². The average Bonchev–Trinajstić information content (AvgIpc) is 2.85. The van der Waals surface area contributed by atoms with E-state index in [0.717, 1.165) is 12.8 Å². The van der Waals surface area contributed by atoms with Crippen LogP contribution in [0.2, 0.25) is 0 Å². The number of carbonyl (C=O) groups excluding carboxylic acids is 2. The molecule has 1 aliphatic heterocycles. The number of hydrogen-bond donors (Lipinski definition) is 2. The van der Waals surface area contributed by atoms with E-state index in [2.05, 4.69) is 10.6 Å². The lowest BCUT2D eigenvalue weighted by Crippen LogP contribution is -2.43. The number of ether oxygens (including phenoxy) is 1. The molecule has 0 spiro atoms. The summed E-state index contributed by atoms with van der Waals surface area (Å²) in [6.07, 6.45) is 1.58. The zero-order chi connectivity index (χ0) is 23.0. The summed E-state index contributed by atoms with van der Waals surface area (Å²) in [5.41, 5.74) is 1.05. The zero-order valence-corrected chi connectivity index (χ0v) is 18.2. The number of urea groups is 1. The van der Waals surface area contributed by atoms with Gasteiger partial charge >= 0.3 is 6.03 Å². The molecular weight excluding hydrogens is 421 g/mol. The average molecular weight is 448 g/mol. The number of anilines is 1. The first-order chi connectivity index (χ1) is 16.1. The van der Waals surface area contributed by atoms with Crippen LogP contribution >= 0.6 is 0 Å². The Morgan fingerprint density at radius 3 is 2.30 bits per heavy atom. The summed E-state index contributed by atoms with van der Waals surface area (Å²) in [5.74, 6) is 0.937. The number of halogens is 1. The standard InChI is InChI=1S/C26H26FN3O3/c27-20-10-12-21(13-11-20)29-26(32)30-16-14-19(15-17-30)18-28-25(31)23-8-4-5-9-24(23)33-22-6-2-1-3-7-22/h1-13,19H,14-18H2,(H,28,31)(H,29,32).